The molecule has 0 atom stereocenters. The van der Waals surface area contributed by atoms with E-state index in [9.17, 15) is 0 Å². The average molecular weight is 135 g/mol. The first-order valence-electron chi connectivity index (χ1n) is 2.08. The van der Waals surface area contributed by atoms with Crippen molar-refractivity contribution in [2.45, 2.75) is 6.92 Å². The predicted octanol–water partition coefficient (Wildman–Crippen LogP) is 1.71. The summed E-state index contributed by atoms with van der Waals surface area (Å²) in [6, 6.07) is 8.24. The molecule has 1 aromatic carbocycles. The van der Waals surface area contributed by atoms with Gasteiger partial charge in [-0.05, 0) is 0 Å². The maximum Gasteiger partial charge on any atom is 0 e. The van der Waals surface area contributed by atoms with Crippen LogP contribution in [-0.4, -0.2) is 0 Å². The van der Waals surface area contributed by atoms with Gasteiger partial charge in [-0.2, -0.15) is 17.7 Å². The van der Waals surface area contributed by atoms with Crippen LogP contribution >= 0.6 is 0 Å². The summed E-state index contributed by atoms with van der Waals surface area (Å²) >= 11 is 0. The van der Waals surface area contributed by atoms with Crippen LogP contribution in [0.1, 0.15) is 5.56 Å². The molecular weight excluding hydrogens is 128 g/mol. The molecule has 0 radical (unpaired) electrons. The molecule has 0 aliphatic carbocycles. The second-order valence-corrected chi connectivity index (χ2v) is 1.46. The Bertz CT molecular complexity index is 108. The van der Waals surface area contributed by atoms with Gasteiger partial charge in [-0.1, -0.05) is 6.92 Å². The van der Waals surface area contributed by atoms with Crippen LogP contribution in [0.4, 0.5) is 0 Å². The standard InChI is InChI=1S/C6H7.Fe/c1-6-4-2-3-5-6;/h2-5H,1H3;/q-1;. The van der Waals surface area contributed by atoms with E-state index in [2.05, 4.69) is 19.1 Å². The summed E-state index contributed by atoms with van der Waals surface area (Å²) < 4.78 is 0. The van der Waals surface area contributed by atoms with Gasteiger partial charge >= 0.3 is 0 Å². The molecule has 0 unspecified atom stereocenters. The van der Waals surface area contributed by atoms with Crippen LogP contribution in [0.15, 0.2) is 24.3 Å². The monoisotopic (exact) mass is 135 g/mol. The Morgan fingerprint density at radius 2 is 1.57 bits per heavy atom. The zero-order chi connectivity index (χ0) is 4.41. The van der Waals surface area contributed by atoms with Crippen molar-refractivity contribution in [1.82, 2.24) is 0 Å². The Hall–Kier alpha value is -0.131. The topological polar surface area (TPSA) is 0 Å². The number of hydrogen-bond donors (Lipinski definition) is 0. The minimum absolute atomic E-state index is 0. The van der Waals surface area contributed by atoms with E-state index in [-0.39, 0.29) is 17.1 Å². The Balaban J connectivity index is 0.000000360. The van der Waals surface area contributed by atoms with Crippen molar-refractivity contribution in [1.29, 1.82) is 0 Å². The first-order chi connectivity index (χ1) is 2.89. The number of hydrogen-bond acceptors (Lipinski definition) is 0. The van der Waals surface area contributed by atoms with Crippen molar-refractivity contribution >= 4 is 0 Å². The quantitative estimate of drug-likeness (QED) is 0.375. The average Bonchev–Trinajstić information content (AvgIpc) is 1.86. The molecule has 0 saturated heterocycles. The number of rotatable bonds is 0. The molecule has 0 aliphatic rings. The van der Waals surface area contributed by atoms with E-state index in [0.29, 0.717) is 0 Å². The van der Waals surface area contributed by atoms with Crippen molar-refractivity contribution < 1.29 is 17.1 Å². The SMILES string of the molecule is C[c-]1cccc1.[Fe]. The Morgan fingerprint density at radius 3 is 1.71 bits per heavy atom. The molecule has 7 heavy (non-hydrogen) atoms. The fraction of sp³-hybridized carbons (Fsp3) is 0.167. The third kappa shape index (κ3) is 1.86. The Kier molecular flexibility index (Phi) is 2.89. The molecule has 40 valence electrons. The predicted molar refractivity (Wildman–Crippen MR) is 26.8 cm³/mol. The van der Waals surface area contributed by atoms with Gasteiger partial charge in [0.25, 0.3) is 0 Å². The molecule has 0 fully saturated rings. The summed E-state index contributed by atoms with van der Waals surface area (Å²) in [6.07, 6.45) is 0. The number of aryl methyl sites for hydroxylation is 1. The van der Waals surface area contributed by atoms with Crippen LogP contribution in [0.2, 0.25) is 0 Å². The van der Waals surface area contributed by atoms with E-state index in [0.717, 1.165) is 0 Å². The third-order valence-corrected chi connectivity index (χ3v) is 0.829. The molecule has 0 heterocycles. The van der Waals surface area contributed by atoms with E-state index in [4.69, 9.17) is 0 Å². The fourth-order valence-electron chi connectivity index (χ4n) is 0.470. The van der Waals surface area contributed by atoms with Gasteiger partial charge in [0.05, 0.1) is 0 Å². The van der Waals surface area contributed by atoms with Gasteiger partial charge in [0.2, 0.25) is 0 Å². The van der Waals surface area contributed by atoms with Gasteiger partial charge in [-0.15, -0.1) is 0 Å². The van der Waals surface area contributed by atoms with Crippen LogP contribution in [0.25, 0.3) is 0 Å². The molecule has 0 bridgehead atoms. The van der Waals surface area contributed by atoms with Crippen molar-refractivity contribution in [2.75, 3.05) is 0 Å². The zero-order valence-corrected chi connectivity index (χ0v) is 5.27. The van der Waals surface area contributed by atoms with Crippen molar-refractivity contribution in [3.63, 3.8) is 0 Å². The summed E-state index contributed by atoms with van der Waals surface area (Å²) in [6.45, 7) is 2.08. The smallest absolute Gasteiger partial charge is 0 e. The molecule has 1 rings (SSSR count). The Labute approximate surface area is 54.4 Å². The third-order valence-electron chi connectivity index (χ3n) is 0.829. The van der Waals surface area contributed by atoms with Crippen LogP contribution < -0.4 is 0 Å². The van der Waals surface area contributed by atoms with Gasteiger partial charge in [0, 0.05) is 17.1 Å². The molecule has 0 N–H and O–H groups in total. The first-order valence-corrected chi connectivity index (χ1v) is 2.08. The summed E-state index contributed by atoms with van der Waals surface area (Å²) in [7, 11) is 0. The summed E-state index contributed by atoms with van der Waals surface area (Å²) in [5.74, 6) is 0. The molecule has 0 spiro atoms. The van der Waals surface area contributed by atoms with E-state index in [1.807, 2.05) is 12.1 Å². The summed E-state index contributed by atoms with van der Waals surface area (Å²) in [5, 5.41) is 0. The molecule has 1 aromatic rings. The molecule has 0 aliphatic heterocycles. The van der Waals surface area contributed by atoms with Crippen LogP contribution in [0, 0.1) is 6.92 Å². The molecule has 0 saturated carbocycles. The van der Waals surface area contributed by atoms with E-state index in [1.165, 1.54) is 5.56 Å². The largest absolute Gasteiger partial charge is 0.213 e. The van der Waals surface area contributed by atoms with E-state index in [1.54, 1.807) is 0 Å². The minimum Gasteiger partial charge on any atom is -0.213 e. The molecule has 1 heteroatoms. The van der Waals surface area contributed by atoms with Crippen molar-refractivity contribution in [2.24, 2.45) is 0 Å². The summed E-state index contributed by atoms with van der Waals surface area (Å²) in [5.41, 5.74) is 1.34. The van der Waals surface area contributed by atoms with Crippen LogP contribution in [-0.2, 0) is 17.1 Å². The van der Waals surface area contributed by atoms with Gasteiger partial charge in [-0.3, -0.25) is 0 Å². The molecule has 0 amide bonds. The second kappa shape index (κ2) is 2.95. The molecule has 0 aromatic heterocycles. The van der Waals surface area contributed by atoms with E-state index < -0.39 is 0 Å². The Morgan fingerprint density at radius 1 is 1.14 bits per heavy atom. The maximum atomic E-state index is 2.08. The van der Waals surface area contributed by atoms with Crippen molar-refractivity contribution in [3.05, 3.63) is 29.8 Å². The minimum atomic E-state index is 0. The zero-order valence-electron chi connectivity index (χ0n) is 4.16. The normalized spacial score (nSPS) is 7.57. The van der Waals surface area contributed by atoms with Crippen molar-refractivity contribution in [3.8, 4) is 0 Å². The fourth-order valence-corrected chi connectivity index (χ4v) is 0.470. The van der Waals surface area contributed by atoms with Gasteiger partial charge < -0.3 is 0 Å². The van der Waals surface area contributed by atoms with Gasteiger partial charge in [-0.25, -0.2) is 12.1 Å². The second-order valence-electron chi connectivity index (χ2n) is 1.46. The van der Waals surface area contributed by atoms with Crippen LogP contribution in [0.3, 0.4) is 0 Å². The molecule has 0 nitrogen and oxygen atoms in total. The molecular formula is C6H7Fe-. The van der Waals surface area contributed by atoms with Gasteiger partial charge in [0.1, 0.15) is 0 Å². The maximum absolute atomic E-state index is 2.08. The van der Waals surface area contributed by atoms with Crippen LogP contribution in [0.5, 0.6) is 0 Å². The first kappa shape index (κ1) is 6.87. The summed E-state index contributed by atoms with van der Waals surface area (Å²) in [4.78, 5) is 0. The van der Waals surface area contributed by atoms with Gasteiger partial charge in [0.15, 0.2) is 0 Å². The van der Waals surface area contributed by atoms with E-state index >= 15 is 0 Å².